The molecule has 1 saturated carbocycles. The molecule has 0 heterocycles. The summed E-state index contributed by atoms with van der Waals surface area (Å²) in [5.41, 5.74) is 0. The van der Waals surface area contributed by atoms with Crippen LogP contribution in [0, 0.1) is 0 Å². The van der Waals surface area contributed by atoms with E-state index in [0.717, 1.165) is 19.3 Å². The average Bonchev–Trinajstić information content (AvgIpc) is 2.19. The second-order valence-corrected chi connectivity index (χ2v) is 4.15. The van der Waals surface area contributed by atoms with Gasteiger partial charge in [-0.2, -0.15) is 8.78 Å². The summed E-state index contributed by atoms with van der Waals surface area (Å²) < 4.78 is 33.0. The average molecular weight is 241 g/mol. The Balaban J connectivity index is 2.39. The van der Waals surface area contributed by atoms with Gasteiger partial charge in [0, 0.05) is 0 Å². The highest BCUT2D eigenvalue weighted by atomic mass is 32.2. The Kier molecular flexibility index (Phi) is 4.75. The number of carbonyl (C=O) groups is 1. The van der Waals surface area contributed by atoms with Gasteiger partial charge in [0.1, 0.15) is 6.10 Å². The van der Waals surface area contributed by atoms with E-state index >= 15 is 0 Å². The van der Waals surface area contributed by atoms with Crippen molar-refractivity contribution >= 4 is 18.0 Å². The largest absolute Gasteiger partial charge is 0.710 e. The molecule has 0 amide bonds. The summed E-state index contributed by atoms with van der Waals surface area (Å²) in [5.74, 6) is -1.70. The Morgan fingerprint density at radius 2 is 1.93 bits per heavy atom. The molecule has 15 heavy (non-hydrogen) atoms. The first-order chi connectivity index (χ1) is 7.06. The third-order valence-electron chi connectivity index (χ3n) is 2.20. The van der Waals surface area contributed by atoms with Gasteiger partial charge < -0.3 is 14.3 Å². The molecule has 0 spiro atoms. The van der Waals surface area contributed by atoms with Gasteiger partial charge in [-0.25, -0.2) is 4.79 Å². The summed E-state index contributed by atoms with van der Waals surface area (Å²) in [5, 5.41) is 5.60. The maximum absolute atomic E-state index is 12.7. The Morgan fingerprint density at radius 1 is 1.33 bits per heavy atom. The van der Waals surface area contributed by atoms with E-state index in [0.29, 0.717) is 12.8 Å². The zero-order chi connectivity index (χ0) is 11.3. The first-order valence-corrected chi connectivity index (χ1v) is 5.37. The fourth-order valence-corrected chi connectivity index (χ4v) is 1.68. The minimum atomic E-state index is -3.92. The molecule has 0 aromatic heterocycles. The zero-order valence-electron chi connectivity index (χ0n) is 7.91. The Hall–Kier alpha value is -0.400. The summed E-state index contributed by atoms with van der Waals surface area (Å²) >= 11 is -0.733. The molecule has 0 bridgehead atoms. The number of hydrogen-bond acceptors (Lipinski definition) is 5. The van der Waals surface area contributed by atoms with Crippen LogP contribution in [-0.4, -0.2) is 17.3 Å². The molecular formula is C8H11F2O4S-. The van der Waals surface area contributed by atoms with E-state index in [9.17, 15) is 18.8 Å². The van der Waals surface area contributed by atoms with E-state index < -0.39 is 29.4 Å². The van der Waals surface area contributed by atoms with Crippen LogP contribution in [0.3, 0.4) is 0 Å². The highest BCUT2D eigenvalue weighted by molar-refractivity contribution is 7.96. The van der Waals surface area contributed by atoms with Gasteiger partial charge in [0.2, 0.25) is 0 Å². The lowest BCUT2D eigenvalue weighted by Crippen LogP contribution is -2.33. The number of carbonyl (C=O) groups excluding carboxylic acids is 1. The van der Waals surface area contributed by atoms with Crippen molar-refractivity contribution in [3.05, 3.63) is 0 Å². The van der Waals surface area contributed by atoms with Crippen molar-refractivity contribution in [1.29, 1.82) is 0 Å². The van der Waals surface area contributed by atoms with Gasteiger partial charge >= 0.3 is 11.2 Å². The summed E-state index contributed by atoms with van der Waals surface area (Å²) in [7, 11) is 0. The summed E-state index contributed by atoms with van der Waals surface area (Å²) in [4.78, 5) is 10.9. The molecule has 1 fully saturated rings. The van der Waals surface area contributed by atoms with Crippen molar-refractivity contribution in [2.45, 2.75) is 43.5 Å². The van der Waals surface area contributed by atoms with Crippen molar-refractivity contribution in [3.63, 3.8) is 0 Å². The van der Waals surface area contributed by atoms with Crippen molar-refractivity contribution in [2.75, 3.05) is 0 Å². The Labute approximate surface area is 90.1 Å². The molecule has 7 heteroatoms. The molecule has 0 radical (unpaired) electrons. The normalized spacial score (nSPS) is 18.9. The van der Waals surface area contributed by atoms with Gasteiger partial charge in [0.15, 0.2) is 0 Å². The van der Waals surface area contributed by atoms with E-state index in [1.165, 1.54) is 0 Å². The maximum Gasteiger partial charge on any atom is 0.412 e. The third-order valence-corrected chi connectivity index (χ3v) is 2.65. The fraction of sp³-hybridized carbons (Fsp3) is 0.875. The molecule has 88 valence electrons. The fourth-order valence-electron chi connectivity index (χ4n) is 1.48. The number of esters is 1. The van der Waals surface area contributed by atoms with Gasteiger partial charge in [-0.3, -0.25) is 0 Å². The standard InChI is InChI=1S/C8H12F2O4S/c9-8(10,15-14-12)7(11)13-6-4-2-1-3-5-6/h6,12H,1-5H2/p-1. The van der Waals surface area contributed by atoms with Gasteiger partial charge in [0.05, 0.1) is 12.0 Å². The molecule has 0 saturated heterocycles. The van der Waals surface area contributed by atoms with Crippen LogP contribution in [0.5, 0.6) is 0 Å². The summed E-state index contributed by atoms with van der Waals surface area (Å²) in [6.07, 6.45) is 3.52. The number of halogens is 2. The topological polar surface area (TPSA) is 58.6 Å². The molecule has 1 rings (SSSR count). The smallest absolute Gasteiger partial charge is 0.412 e. The third kappa shape index (κ3) is 3.92. The van der Waals surface area contributed by atoms with E-state index in [-0.39, 0.29) is 0 Å². The van der Waals surface area contributed by atoms with Crippen LogP contribution < -0.4 is 5.26 Å². The lowest BCUT2D eigenvalue weighted by Gasteiger charge is -2.24. The molecule has 0 N–H and O–H groups in total. The number of rotatable bonds is 4. The predicted octanol–water partition coefficient (Wildman–Crippen LogP) is 1.40. The van der Waals surface area contributed by atoms with Crippen LogP contribution in [-0.2, 0) is 13.9 Å². The molecule has 0 aromatic carbocycles. The van der Waals surface area contributed by atoms with Gasteiger partial charge in [-0.05, 0) is 25.7 Å². The number of ether oxygens (including phenoxy) is 1. The summed E-state index contributed by atoms with van der Waals surface area (Å²) in [6.45, 7) is 0. The van der Waals surface area contributed by atoms with Gasteiger partial charge in [-0.1, -0.05) is 6.42 Å². The van der Waals surface area contributed by atoms with Crippen molar-refractivity contribution in [1.82, 2.24) is 0 Å². The van der Waals surface area contributed by atoms with Crippen LogP contribution in [0.1, 0.15) is 32.1 Å². The molecule has 4 nitrogen and oxygen atoms in total. The van der Waals surface area contributed by atoms with Crippen molar-refractivity contribution in [3.8, 4) is 0 Å². The van der Waals surface area contributed by atoms with Crippen LogP contribution in [0.25, 0.3) is 0 Å². The minimum Gasteiger partial charge on any atom is -0.710 e. The zero-order valence-corrected chi connectivity index (χ0v) is 8.73. The predicted molar refractivity (Wildman–Crippen MR) is 46.6 cm³/mol. The summed E-state index contributed by atoms with van der Waals surface area (Å²) in [6, 6.07) is 0. The minimum absolute atomic E-state index is 0.454. The monoisotopic (exact) mass is 241 g/mol. The molecule has 0 aromatic rings. The molecule has 1 aliphatic carbocycles. The molecular weight excluding hydrogens is 230 g/mol. The Morgan fingerprint density at radius 3 is 2.47 bits per heavy atom. The Bertz CT molecular complexity index is 219. The lowest BCUT2D eigenvalue weighted by atomic mass is 9.98. The van der Waals surface area contributed by atoms with Gasteiger partial charge in [0.25, 0.3) is 0 Å². The van der Waals surface area contributed by atoms with E-state index in [1.54, 1.807) is 0 Å². The van der Waals surface area contributed by atoms with Crippen molar-refractivity contribution in [2.24, 2.45) is 0 Å². The van der Waals surface area contributed by atoms with Crippen LogP contribution in [0.2, 0.25) is 0 Å². The van der Waals surface area contributed by atoms with Crippen LogP contribution in [0.15, 0.2) is 0 Å². The second kappa shape index (κ2) is 5.62. The second-order valence-electron chi connectivity index (χ2n) is 3.33. The lowest BCUT2D eigenvalue weighted by molar-refractivity contribution is -0.630. The first kappa shape index (κ1) is 12.7. The molecule has 0 unspecified atom stereocenters. The molecule has 0 atom stereocenters. The first-order valence-electron chi connectivity index (χ1n) is 4.63. The number of alkyl halides is 2. The van der Waals surface area contributed by atoms with Crippen molar-refractivity contribution < 1.29 is 27.9 Å². The molecule has 1 aliphatic rings. The van der Waals surface area contributed by atoms with E-state index in [2.05, 4.69) is 9.07 Å². The highest BCUT2D eigenvalue weighted by Crippen LogP contribution is 2.31. The molecule has 0 aliphatic heterocycles. The van der Waals surface area contributed by atoms with Crippen LogP contribution >= 0.6 is 12.0 Å². The SMILES string of the molecule is O=C(OC1CCCCC1)C(F)(F)SO[O-]. The van der Waals surface area contributed by atoms with E-state index in [1.807, 2.05) is 0 Å². The van der Waals surface area contributed by atoms with Crippen LogP contribution in [0.4, 0.5) is 8.78 Å². The van der Waals surface area contributed by atoms with Gasteiger partial charge in [-0.15, -0.1) is 0 Å². The maximum atomic E-state index is 12.7. The highest BCUT2D eigenvalue weighted by Gasteiger charge is 2.43. The van der Waals surface area contributed by atoms with E-state index in [4.69, 9.17) is 0 Å². The number of hydrogen-bond donors (Lipinski definition) is 0. The quantitative estimate of drug-likeness (QED) is 0.322.